The third-order valence-corrected chi connectivity index (χ3v) is 4.91. The van der Waals surface area contributed by atoms with Crippen molar-refractivity contribution < 1.29 is 4.74 Å². The number of piperazine rings is 1. The van der Waals surface area contributed by atoms with Gasteiger partial charge in [0.2, 0.25) is 0 Å². The fourth-order valence-corrected chi connectivity index (χ4v) is 3.32. The van der Waals surface area contributed by atoms with Crippen molar-refractivity contribution in [3.05, 3.63) is 0 Å². The Labute approximate surface area is 126 Å². The lowest BCUT2D eigenvalue weighted by Gasteiger charge is -2.51. The van der Waals surface area contributed by atoms with Gasteiger partial charge in [0.1, 0.15) is 0 Å². The van der Waals surface area contributed by atoms with Crippen LogP contribution in [0.25, 0.3) is 0 Å². The molecule has 0 aromatic rings. The lowest BCUT2D eigenvalue weighted by Crippen LogP contribution is -2.66. The zero-order chi connectivity index (χ0) is 15.2. The molecule has 0 aromatic carbocycles. The molecule has 20 heavy (non-hydrogen) atoms. The van der Waals surface area contributed by atoms with Gasteiger partial charge in [0, 0.05) is 44.4 Å². The first kappa shape index (κ1) is 17.9. The van der Waals surface area contributed by atoms with Gasteiger partial charge in [-0.3, -0.25) is 4.90 Å². The summed E-state index contributed by atoms with van der Waals surface area (Å²) in [5.41, 5.74) is 0.639. The Kier molecular flexibility index (Phi) is 6.96. The van der Waals surface area contributed by atoms with Crippen LogP contribution in [0.2, 0.25) is 0 Å². The van der Waals surface area contributed by atoms with E-state index in [9.17, 15) is 0 Å². The van der Waals surface area contributed by atoms with Gasteiger partial charge in [0.15, 0.2) is 0 Å². The molecule has 0 bridgehead atoms. The molecular weight excluding hydrogens is 248 g/mol. The van der Waals surface area contributed by atoms with E-state index in [4.69, 9.17) is 4.74 Å². The monoisotopic (exact) mass is 284 g/mol. The van der Waals surface area contributed by atoms with Crippen LogP contribution in [0, 0.1) is 5.41 Å². The standard InChI is InChI=1S/C17H36N2O/c1-7-17(8-2)14-19(11-10-12-20-9-3)15(13-18-17)16(4,5)6/h15,18H,7-14H2,1-6H3. The molecule has 0 spiro atoms. The van der Waals surface area contributed by atoms with Crippen LogP contribution < -0.4 is 5.32 Å². The van der Waals surface area contributed by atoms with Gasteiger partial charge in [0.05, 0.1) is 0 Å². The molecule has 1 N–H and O–H groups in total. The fraction of sp³-hybridized carbons (Fsp3) is 1.00. The van der Waals surface area contributed by atoms with Crippen molar-refractivity contribution >= 4 is 0 Å². The average Bonchev–Trinajstić information content (AvgIpc) is 2.42. The smallest absolute Gasteiger partial charge is 0.0478 e. The zero-order valence-corrected chi connectivity index (χ0v) is 14.6. The Hall–Kier alpha value is -0.120. The number of nitrogens with zero attached hydrogens (tertiary/aromatic N) is 1. The molecule has 0 radical (unpaired) electrons. The molecule has 1 aliphatic heterocycles. The summed E-state index contributed by atoms with van der Waals surface area (Å²) in [6.07, 6.45) is 3.56. The van der Waals surface area contributed by atoms with Crippen LogP contribution in [0.1, 0.15) is 60.8 Å². The van der Waals surface area contributed by atoms with Gasteiger partial charge in [-0.15, -0.1) is 0 Å². The third kappa shape index (κ3) is 4.71. The maximum absolute atomic E-state index is 5.51. The molecule has 120 valence electrons. The van der Waals surface area contributed by atoms with Crippen LogP contribution in [0.3, 0.4) is 0 Å². The summed E-state index contributed by atoms with van der Waals surface area (Å²) in [6.45, 7) is 18.9. The minimum absolute atomic E-state index is 0.313. The van der Waals surface area contributed by atoms with E-state index >= 15 is 0 Å². The Balaban J connectivity index is 2.68. The number of rotatable bonds is 7. The number of hydrogen-bond acceptors (Lipinski definition) is 3. The second-order valence-electron chi connectivity index (χ2n) is 7.27. The molecule has 1 heterocycles. The highest BCUT2D eigenvalue weighted by atomic mass is 16.5. The van der Waals surface area contributed by atoms with Gasteiger partial charge < -0.3 is 10.1 Å². The van der Waals surface area contributed by atoms with Gasteiger partial charge in [-0.05, 0) is 31.6 Å². The number of nitrogens with one attached hydrogen (secondary N) is 1. The Morgan fingerprint density at radius 2 is 1.85 bits per heavy atom. The molecule has 0 aromatic heterocycles. The number of hydrogen-bond donors (Lipinski definition) is 1. The molecule has 0 saturated carbocycles. The summed E-state index contributed by atoms with van der Waals surface area (Å²) < 4.78 is 5.51. The van der Waals surface area contributed by atoms with Crippen molar-refractivity contribution in [2.45, 2.75) is 72.4 Å². The second-order valence-corrected chi connectivity index (χ2v) is 7.27. The van der Waals surface area contributed by atoms with E-state index in [1.54, 1.807) is 0 Å². The predicted octanol–water partition coefficient (Wildman–Crippen LogP) is 3.29. The van der Waals surface area contributed by atoms with Crippen molar-refractivity contribution in [1.29, 1.82) is 0 Å². The first-order valence-corrected chi connectivity index (χ1v) is 8.45. The van der Waals surface area contributed by atoms with E-state index in [1.807, 2.05) is 0 Å². The van der Waals surface area contributed by atoms with Gasteiger partial charge in [0.25, 0.3) is 0 Å². The summed E-state index contributed by atoms with van der Waals surface area (Å²) in [7, 11) is 0. The van der Waals surface area contributed by atoms with E-state index in [2.05, 4.69) is 51.8 Å². The normalized spacial score (nSPS) is 24.0. The van der Waals surface area contributed by atoms with E-state index in [0.717, 1.165) is 32.7 Å². The average molecular weight is 284 g/mol. The summed E-state index contributed by atoms with van der Waals surface area (Å²) in [4.78, 5) is 2.71. The van der Waals surface area contributed by atoms with Crippen molar-refractivity contribution in [1.82, 2.24) is 10.2 Å². The van der Waals surface area contributed by atoms with Gasteiger partial charge in [-0.2, -0.15) is 0 Å². The Bertz CT molecular complexity index is 269. The maximum atomic E-state index is 5.51. The van der Waals surface area contributed by atoms with Crippen LogP contribution >= 0.6 is 0 Å². The van der Waals surface area contributed by atoms with Crippen LogP contribution in [-0.2, 0) is 4.74 Å². The van der Waals surface area contributed by atoms with Crippen molar-refractivity contribution in [2.75, 3.05) is 32.8 Å². The maximum Gasteiger partial charge on any atom is 0.0478 e. The van der Waals surface area contributed by atoms with E-state index < -0.39 is 0 Å². The molecule has 1 rings (SSSR count). The molecule has 1 aliphatic rings. The highest BCUT2D eigenvalue weighted by Gasteiger charge is 2.40. The molecule has 1 atom stereocenters. The molecule has 1 fully saturated rings. The molecule has 3 nitrogen and oxygen atoms in total. The quantitative estimate of drug-likeness (QED) is 0.726. The van der Waals surface area contributed by atoms with E-state index in [-0.39, 0.29) is 0 Å². The van der Waals surface area contributed by atoms with Gasteiger partial charge >= 0.3 is 0 Å². The van der Waals surface area contributed by atoms with Crippen LogP contribution in [-0.4, -0.2) is 49.3 Å². The molecule has 0 amide bonds. The minimum atomic E-state index is 0.313. The third-order valence-electron chi connectivity index (χ3n) is 4.91. The van der Waals surface area contributed by atoms with Crippen molar-refractivity contribution in [2.24, 2.45) is 5.41 Å². The number of ether oxygens (including phenoxy) is 1. The summed E-state index contributed by atoms with van der Waals surface area (Å²) in [6, 6.07) is 0.621. The van der Waals surface area contributed by atoms with E-state index in [1.165, 1.54) is 19.4 Å². The van der Waals surface area contributed by atoms with Crippen LogP contribution in [0.5, 0.6) is 0 Å². The van der Waals surface area contributed by atoms with Gasteiger partial charge in [-0.1, -0.05) is 34.6 Å². The highest BCUT2D eigenvalue weighted by molar-refractivity contribution is 4.99. The Morgan fingerprint density at radius 1 is 1.20 bits per heavy atom. The lowest BCUT2D eigenvalue weighted by atomic mass is 9.80. The molecule has 3 heteroatoms. The summed E-state index contributed by atoms with van der Waals surface area (Å²) >= 11 is 0. The van der Waals surface area contributed by atoms with Crippen LogP contribution in [0.4, 0.5) is 0 Å². The van der Waals surface area contributed by atoms with Gasteiger partial charge in [-0.25, -0.2) is 0 Å². The second kappa shape index (κ2) is 7.77. The molecule has 1 saturated heterocycles. The minimum Gasteiger partial charge on any atom is -0.382 e. The lowest BCUT2D eigenvalue weighted by molar-refractivity contribution is 0.0122. The molecule has 1 unspecified atom stereocenters. The SMILES string of the molecule is CCOCCCN1CC(CC)(CC)NCC1C(C)(C)C. The first-order valence-electron chi connectivity index (χ1n) is 8.45. The summed E-state index contributed by atoms with van der Waals surface area (Å²) in [5.74, 6) is 0. The predicted molar refractivity (Wildman–Crippen MR) is 87.2 cm³/mol. The Morgan fingerprint density at radius 3 is 2.35 bits per heavy atom. The topological polar surface area (TPSA) is 24.5 Å². The van der Waals surface area contributed by atoms with Crippen molar-refractivity contribution in [3.63, 3.8) is 0 Å². The zero-order valence-electron chi connectivity index (χ0n) is 14.6. The van der Waals surface area contributed by atoms with Crippen molar-refractivity contribution in [3.8, 4) is 0 Å². The highest BCUT2D eigenvalue weighted by Crippen LogP contribution is 2.31. The van der Waals surface area contributed by atoms with Crippen LogP contribution in [0.15, 0.2) is 0 Å². The molecular formula is C17H36N2O. The fourth-order valence-electron chi connectivity index (χ4n) is 3.32. The van der Waals surface area contributed by atoms with E-state index in [0.29, 0.717) is 17.0 Å². The largest absolute Gasteiger partial charge is 0.382 e. The first-order chi connectivity index (χ1) is 9.38. The molecule has 0 aliphatic carbocycles. The summed E-state index contributed by atoms with van der Waals surface area (Å²) in [5, 5.41) is 3.85.